The van der Waals surface area contributed by atoms with Crippen molar-refractivity contribution in [2.45, 2.75) is 19.1 Å². The Morgan fingerprint density at radius 2 is 2.04 bits per heavy atom. The molecule has 2 amide bonds. The zero-order valence-electron chi connectivity index (χ0n) is 12.8. The molecule has 1 aliphatic heterocycles. The van der Waals surface area contributed by atoms with Crippen LogP contribution in [0.1, 0.15) is 16.7 Å². The molecule has 0 atom stereocenters. The third kappa shape index (κ3) is 3.79. The Morgan fingerprint density at radius 3 is 2.72 bits per heavy atom. The Hall–Kier alpha value is -2.48. The molecule has 0 spiro atoms. The first kappa shape index (κ1) is 17.3. The Labute approximate surface area is 146 Å². The molecular weight excluding hydrogens is 359 g/mol. The molecule has 0 saturated carbocycles. The van der Waals surface area contributed by atoms with Gasteiger partial charge in [-0.25, -0.2) is 4.79 Å². The zero-order chi connectivity index (χ0) is 18.2. The number of fused-ring (bicyclic) bond motifs is 1. The number of amides is 2. The number of nitrogens with zero attached hydrogens (tertiary/aromatic N) is 2. The summed E-state index contributed by atoms with van der Waals surface area (Å²) in [6.45, 7) is 0.716. The number of alkyl halides is 3. The monoisotopic (exact) mass is 371 g/mol. The fourth-order valence-electron chi connectivity index (χ4n) is 2.67. The minimum absolute atomic E-state index is 0.180. The fraction of sp³-hybridized carbons (Fsp3) is 0.250. The van der Waals surface area contributed by atoms with E-state index in [0.717, 1.165) is 29.3 Å². The van der Waals surface area contributed by atoms with E-state index >= 15 is 0 Å². The van der Waals surface area contributed by atoms with Gasteiger partial charge in [-0.2, -0.15) is 17.9 Å². The third-order valence-electron chi connectivity index (χ3n) is 3.94. The van der Waals surface area contributed by atoms with Crippen LogP contribution in [0.3, 0.4) is 0 Å². The molecule has 5 nitrogen and oxygen atoms in total. The van der Waals surface area contributed by atoms with E-state index in [0.29, 0.717) is 24.2 Å². The predicted molar refractivity (Wildman–Crippen MR) is 85.0 cm³/mol. The molecule has 0 saturated heterocycles. The van der Waals surface area contributed by atoms with E-state index in [1.165, 1.54) is 17.3 Å². The molecule has 132 valence electrons. The molecule has 25 heavy (non-hydrogen) atoms. The smallest absolute Gasteiger partial charge is 0.417 e. The number of rotatable bonds is 1. The molecule has 0 radical (unpaired) electrons. The summed E-state index contributed by atoms with van der Waals surface area (Å²) in [6, 6.07) is 4.26. The first-order valence-corrected chi connectivity index (χ1v) is 7.75. The predicted octanol–water partition coefficient (Wildman–Crippen LogP) is 3.58. The van der Waals surface area contributed by atoms with Gasteiger partial charge in [0.05, 0.1) is 10.6 Å². The average Bonchev–Trinajstić information content (AvgIpc) is 2.53. The van der Waals surface area contributed by atoms with E-state index in [1.54, 1.807) is 6.07 Å². The lowest BCUT2D eigenvalue weighted by atomic mass is 10.0. The van der Waals surface area contributed by atoms with Crippen molar-refractivity contribution in [3.63, 3.8) is 0 Å². The molecular formula is C16H13ClF3N3O2. The van der Waals surface area contributed by atoms with Crippen LogP contribution in [0.2, 0.25) is 5.02 Å². The SMILES string of the molecule is O=C(Nc1ccc(C(F)(F)F)c(Cl)c1)N1CCc2c[n+]([O-])ccc2C1. The molecule has 2 aromatic rings. The topological polar surface area (TPSA) is 59.3 Å². The van der Waals surface area contributed by atoms with Gasteiger partial charge in [0.2, 0.25) is 0 Å². The number of pyridine rings is 1. The Balaban J connectivity index is 1.71. The molecule has 0 unspecified atom stereocenters. The van der Waals surface area contributed by atoms with E-state index in [1.807, 2.05) is 0 Å². The lowest BCUT2D eigenvalue weighted by Gasteiger charge is -2.28. The molecule has 3 rings (SSSR count). The second kappa shape index (κ2) is 6.44. The van der Waals surface area contributed by atoms with Gasteiger partial charge in [-0.05, 0) is 30.2 Å². The van der Waals surface area contributed by atoms with Crippen LogP contribution in [-0.4, -0.2) is 17.5 Å². The summed E-state index contributed by atoms with van der Waals surface area (Å²) in [5, 5.41) is 13.3. The minimum atomic E-state index is -4.55. The zero-order valence-corrected chi connectivity index (χ0v) is 13.6. The molecule has 1 N–H and O–H groups in total. The number of halogens is 4. The summed E-state index contributed by atoms with van der Waals surface area (Å²) in [7, 11) is 0. The van der Waals surface area contributed by atoms with Gasteiger partial charge in [0.15, 0.2) is 12.4 Å². The summed E-state index contributed by atoms with van der Waals surface area (Å²) < 4.78 is 38.8. The van der Waals surface area contributed by atoms with Gasteiger partial charge >= 0.3 is 12.2 Å². The Morgan fingerprint density at radius 1 is 1.28 bits per heavy atom. The van der Waals surface area contributed by atoms with Crippen molar-refractivity contribution in [2.75, 3.05) is 11.9 Å². The quantitative estimate of drug-likeness (QED) is 0.615. The van der Waals surface area contributed by atoms with Gasteiger partial charge < -0.3 is 15.4 Å². The van der Waals surface area contributed by atoms with Gasteiger partial charge in [0.25, 0.3) is 0 Å². The highest BCUT2D eigenvalue weighted by Crippen LogP contribution is 2.35. The number of aromatic nitrogens is 1. The maximum absolute atomic E-state index is 12.7. The lowest BCUT2D eigenvalue weighted by molar-refractivity contribution is -0.606. The highest BCUT2D eigenvalue weighted by Gasteiger charge is 2.33. The van der Waals surface area contributed by atoms with Crippen LogP contribution in [0, 0.1) is 5.21 Å². The second-order valence-electron chi connectivity index (χ2n) is 5.65. The van der Waals surface area contributed by atoms with Crippen molar-refractivity contribution >= 4 is 23.3 Å². The fourth-order valence-corrected chi connectivity index (χ4v) is 2.96. The number of carbonyl (C=O) groups is 1. The number of carbonyl (C=O) groups excluding carboxylic acids is 1. The Bertz CT molecular complexity index is 827. The summed E-state index contributed by atoms with van der Waals surface area (Å²) in [5.41, 5.74) is 0.960. The molecule has 1 aromatic carbocycles. The molecule has 0 aliphatic carbocycles. The van der Waals surface area contributed by atoms with E-state index in [2.05, 4.69) is 5.32 Å². The number of benzene rings is 1. The standard InChI is InChI=1S/C16H13ClF3N3O2/c17-14-7-12(1-2-13(14)16(18,19)20)21-15(24)22-5-3-11-9-23(25)6-4-10(11)8-22/h1-2,4,6-7,9H,3,5,8H2,(H,21,24). The maximum atomic E-state index is 12.7. The van der Waals surface area contributed by atoms with Crippen LogP contribution in [-0.2, 0) is 19.1 Å². The third-order valence-corrected chi connectivity index (χ3v) is 4.26. The molecule has 1 aliphatic rings. The maximum Gasteiger partial charge on any atom is 0.417 e. The van der Waals surface area contributed by atoms with Crippen LogP contribution in [0.5, 0.6) is 0 Å². The van der Waals surface area contributed by atoms with Gasteiger partial charge in [-0.15, -0.1) is 0 Å². The number of urea groups is 1. The molecule has 1 aromatic heterocycles. The van der Waals surface area contributed by atoms with E-state index in [4.69, 9.17) is 11.6 Å². The highest BCUT2D eigenvalue weighted by atomic mass is 35.5. The molecule has 0 bridgehead atoms. The normalized spacial score (nSPS) is 14.2. The number of anilines is 1. The first-order chi connectivity index (χ1) is 11.7. The summed E-state index contributed by atoms with van der Waals surface area (Å²) in [6.07, 6.45) is -1.19. The van der Waals surface area contributed by atoms with Crippen molar-refractivity contribution in [1.82, 2.24) is 4.90 Å². The summed E-state index contributed by atoms with van der Waals surface area (Å²) in [5.74, 6) is 0. The first-order valence-electron chi connectivity index (χ1n) is 7.37. The van der Waals surface area contributed by atoms with Crippen molar-refractivity contribution in [2.24, 2.45) is 0 Å². The molecule has 2 heterocycles. The average molecular weight is 372 g/mol. The molecule has 0 fully saturated rings. The number of hydrogen-bond acceptors (Lipinski definition) is 2. The van der Waals surface area contributed by atoms with Gasteiger partial charge in [0, 0.05) is 30.4 Å². The summed E-state index contributed by atoms with van der Waals surface area (Å²) in [4.78, 5) is 13.8. The summed E-state index contributed by atoms with van der Waals surface area (Å²) >= 11 is 5.65. The minimum Gasteiger partial charge on any atom is -0.619 e. The van der Waals surface area contributed by atoms with Crippen molar-refractivity contribution in [3.05, 3.63) is 63.6 Å². The largest absolute Gasteiger partial charge is 0.619 e. The number of hydrogen-bond donors (Lipinski definition) is 1. The van der Waals surface area contributed by atoms with E-state index in [-0.39, 0.29) is 5.69 Å². The second-order valence-corrected chi connectivity index (χ2v) is 6.06. The molecule has 9 heteroatoms. The van der Waals surface area contributed by atoms with Gasteiger partial charge in [0.1, 0.15) is 0 Å². The van der Waals surface area contributed by atoms with Crippen molar-refractivity contribution in [3.8, 4) is 0 Å². The van der Waals surface area contributed by atoms with E-state index < -0.39 is 22.8 Å². The lowest BCUT2D eigenvalue weighted by Crippen LogP contribution is -2.40. The highest BCUT2D eigenvalue weighted by molar-refractivity contribution is 6.31. The van der Waals surface area contributed by atoms with Crippen molar-refractivity contribution < 1.29 is 22.7 Å². The number of nitrogens with one attached hydrogen (secondary N) is 1. The van der Waals surface area contributed by atoms with E-state index in [9.17, 15) is 23.2 Å². The van der Waals surface area contributed by atoms with Gasteiger partial charge in [-0.3, -0.25) is 0 Å². The Kier molecular flexibility index (Phi) is 4.47. The van der Waals surface area contributed by atoms with Crippen LogP contribution in [0.15, 0.2) is 36.7 Å². The van der Waals surface area contributed by atoms with Crippen LogP contribution >= 0.6 is 11.6 Å². The van der Waals surface area contributed by atoms with Crippen LogP contribution in [0.4, 0.5) is 23.7 Å². The van der Waals surface area contributed by atoms with Gasteiger partial charge in [-0.1, -0.05) is 11.6 Å². The van der Waals surface area contributed by atoms with Crippen LogP contribution < -0.4 is 10.0 Å². The van der Waals surface area contributed by atoms with Crippen LogP contribution in [0.25, 0.3) is 0 Å². The van der Waals surface area contributed by atoms with Crippen molar-refractivity contribution in [1.29, 1.82) is 0 Å².